The van der Waals surface area contributed by atoms with Crippen molar-refractivity contribution in [1.29, 1.82) is 0 Å². The van der Waals surface area contributed by atoms with Crippen molar-refractivity contribution in [3.8, 4) is 0 Å². The number of nitrogen functional groups attached to an aromatic ring is 1. The molecule has 0 spiro atoms. The van der Waals surface area contributed by atoms with Gasteiger partial charge >= 0.3 is 0 Å². The maximum Gasteiger partial charge on any atom is 0.242 e. The minimum atomic E-state index is -3.53. The monoisotopic (exact) mass is 285 g/mol. The summed E-state index contributed by atoms with van der Waals surface area (Å²) in [6.45, 7) is 8.29. The van der Waals surface area contributed by atoms with Gasteiger partial charge in [0.1, 0.15) is 4.90 Å². The van der Waals surface area contributed by atoms with Gasteiger partial charge in [-0.25, -0.2) is 13.1 Å². The Labute approximate surface area is 115 Å². The molecule has 0 amide bonds. The minimum absolute atomic E-state index is 0.0159. The molecule has 0 heterocycles. The third kappa shape index (κ3) is 3.84. The number of nitrogens with one attached hydrogen (secondary N) is 2. The van der Waals surface area contributed by atoms with E-state index in [0.29, 0.717) is 11.4 Å². The Balaban J connectivity index is 3.23. The molecular formula is C13H23N3O2S. The molecule has 0 radical (unpaired) electrons. The van der Waals surface area contributed by atoms with E-state index in [1.165, 1.54) is 13.1 Å². The van der Waals surface area contributed by atoms with Gasteiger partial charge in [-0.15, -0.1) is 0 Å². The van der Waals surface area contributed by atoms with Crippen molar-refractivity contribution in [2.75, 3.05) is 18.1 Å². The maximum atomic E-state index is 12.0. The predicted octanol–water partition coefficient (Wildman–Crippen LogP) is 2.02. The SMILES string of the molecule is CNS(=O)(=O)c1cc(N)ccc1NC(C)C(C)(C)C. The molecule has 0 aromatic heterocycles. The van der Waals surface area contributed by atoms with Gasteiger partial charge in [0, 0.05) is 11.7 Å². The van der Waals surface area contributed by atoms with Crippen LogP contribution in [-0.4, -0.2) is 21.5 Å². The fourth-order valence-corrected chi connectivity index (χ4v) is 2.37. The predicted molar refractivity (Wildman–Crippen MR) is 79.6 cm³/mol. The zero-order valence-corrected chi connectivity index (χ0v) is 12.9. The van der Waals surface area contributed by atoms with Crippen LogP contribution in [0, 0.1) is 5.41 Å². The molecule has 4 N–H and O–H groups in total. The Bertz CT molecular complexity index is 547. The molecule has 6 heteroatoms. The number of rotatable bonds is 4. The van der Waals surface area contributed by atoms with Gasteiger partial charge in [-0.1, -0.05) is 20.8 Å². The lowest BCUT2D eigenvalue weighted by Gasteiger charge is -2.29. The maximum absolute atomic E-state index is 12.0. The molecule has 5 nitrogen and oxygen atoms in total. The molecule has 19 heavy (non-hydrogen) atoms. The smallest absolute Gasteiger partial charge is 0.242 e. The summed E-state index contributed by atoms with van der Waals surface area (Å²) in [5.74, 6) is 0. The summed E-state index contributed by atoms with van der Waals surface area (Å²) in [6.07, 6.45) is 0. The number of hydrogen-bond acceptors (Lipinski definition) is 4. The van der Waals surface area contributed by atoms with Crippen molar-refractivity contribution in [2.24, 2.45) is 5.41 Å². The summed E-state index contributed by atoms with van der Waals surface area (Å²) in [6, 6.07) is 4.96. The largest absolute Gasteiger partial charge is 0.399 e. The molecule has 0 aliphatic carbocycles. The zero-order valence-electron chi connectivity index (χ0n) is 12.1. The van der Waals surface area contributed by atoms with Crippen molar-refractivity contribution in [2.45, 2.75) is 38.6 Å². The molecule has 1 atom stereocenters. The molecule has 0 saturated carbocycles. The summed E-state index contributed by atoms with van der Waals surface area (Å²) in [5.41, 5.74) is 6.67. The summed E-state index contributed by atoms with van der Waals surface area (Å²) in [5, 5.41) is 3.24. The van der Waals surface area contributed by atoms with E-state index < -0.39 is 10.0 Å². The summed E-state index contributed by atoms with van der Waals surface area (Å²) >= 11 is 0. The van der Waals surface area contributed by atoms with E-state index in [0.717, 1.165) is 0 Å². The van der Waals surface area contributed by atoms with Crippen LogP contribution < -0.4 is 15.8 Å². The van der Waals surface area contributed by atoms with Gasteiger partial charge in [0.05, 0.1) is 5.69 Å². The Morgan fingerprint density at radius 3 is 2.32 bits per heavy atom. The third-order valence-electron chi connectivity index (χ3n) is 3.23. The second kappa shape index (κ2) is 5.38. The number of hydrogen-bond donors (Lipinski definition) is 3. The van der Waals surface area contributed by atoms with Gasteiger partial charge in [0.15, 0.2) is 0 Å². The first kappa shape index (κ1) is 15.8. The highest BCUT2D eigenvalue weighted by molar-refractivity contribution is 7.89. The van der Waals surface area contributed by atoms with Gasteiger partial charge in [-0.05, 0) is 37.6 Å². The normalized spacial score (nSPS) is 14.2. The third-order valence-corrected chi connectivity index (χ3v) is 4.69. The molecule has 1 rings (SSSR count). The second-order valence-electron chi connectivity index (χ2n) is 5.70. The Morgan fingerprint density at radius 1 is 1.26 bits per heavy atom. The minimum Gasteiger partial charge on any atom is -0.399 e. The lowest BCUT2D eigenvalue weighted by atomic mass is 9.88. The van der Waals surface area contributed by atoms with Crippen LogP contribution in [0.2, 0.25) is 0 Å². The lowest BCUT2D eigenvalue weighted by molar-refractivity contribution is 0.359. The van der Waals surface area contributed by atoms with Crippen LogP contribution in [0.5, 0.6) is 0 Å². The number of nitrogens with two attached hydrogens (primary N) is 1. The fraction of sp³-hybridized carbons (Fsp3) is 0.538. The zero-order chi connectivity index (χ0) is 14.8. The van der Waals surface area contributed by atoms with Crippen molar-refractivity contribution in [1.82, 2.24) is 4.72 Å². The quantitative estimate of drug-likeness (QED) is 0.739. The molecular weight excluding hydrogens is 262 g/mol. The molecule has 1 aromatic carbocycles. The van der Waals surface area contributed by atoms with Crippen molar-refractivity contribution in [3.05, 3.63) is 18.2 Å². The molecule has 0 fully saturated rings. The first-order valence-electron chi connectivity index (χ1n) is 6.17. The highest BCUT2D eigenvalue weighted by atomic mass is 32.2. The summed E-state index contributed by atoms with van der Waals surface area (Å²) in [7, 11) is -2.15. The van der Waals surface area contributed by atoms with Crippen LogP contribution >= 0.6 is 0 Å². The molecule has 0 aliphatic rings. The van der Waals surface area contributed by atoms with E-state index in [-0.39, 0.29) is 16.4 Å². The van der Waals surface area contributed by atoms with Crippen molar-refractivity contribution >= 4 is 21.4 Å². The van der Waals surface area contributed by atoms with E-state index in [1.54, 1.807) is 12.1 Å². The van der Waals surface area contributed by atoms with E-state index in [1.807, 2.05) is 6.92 Å². The standard InChI is InChI=1S/C13H23N3O2S/c1-9(13(2,3)4)16-11-7-6-10(14)8-12(11)19(17,18)15-5/h6-9,15-16H,14H2,1-5H3. The van der Waals surface area contributed by atoms with Crippen LogP contribution in [-0.2, 0) is 10.0 Å². The van der Waals surface area contributed by atoms with Crippen LogP contribution in [0.4, 0.5) is 11.4 Å². The molecule has 0 saturated heterocycles. The Hall–Kier alpha value is -1.27. The molecule has 0 bridgehead atoms. The van der Waals surface area contributed by atoms with Gasteiger partial charge < -0.3 is 11.1 Å². The molecule has 108 valence electrons. The van der Waals surface area contributed by atoms with E-state index >= 15 is 0 Å². The number of anilines is 2. The highest BCUT2D eigenvalue weighted by Gasteiger charge is 2.23. The number of sulfonamides is 1. The topological polar surface area (TPSA) is 84.2 Å². The van der Waals surface area contributed by atoms with Gasteiger partial charge in [-0.3, -0.25) is 0 Å². The van der Waals surface area contributed by atoms with Crippen molar-refractivity contribution < 1.29 is 8.42 Å². The number of benzene rings is 1. The average molecular weight is 285 g/mol. The summed E-state index contributed by atoms with van der Waals surface area (Å²) < 4.78 is 26.3. The van der Waals surface area contributed by atoms with E-state index in [2.05, 4.69) is 30.8 Å². The first-order valence-corrected chi connectivity index (χ1v) is 7.66. The Morgan fingerprint density at radius 2 is 1.84 bits per heavy atom. The Kier molecular flexibility index (Phi) is 4.47. The van der Waals surface area contributed by atoms with Crippen molar-refractivity contribution in [3.63, 3.8) is 0 Å². The molecule has 0 aliphatic heterocycles. The first-order chi connectivity index (χ1) is 8.58. The van der Waals surface area contributed by atoms with Crippen LogP contribution in [0.3, 0.4) is 0 Å². The van der Waals surface area contributed by atoms with Gasteiger partial charge in [0.2, 0.25) is 10.0 Å². The summed E-state index contributed by atoms with van der Waals surface area (Å²) in [4.78, 5) is 0.172. The van der Waals surface area contributed by atoms with Crippen LogP contribution in [0.1, 0.15) is 27.7 Å². The van der Waals surface area contributed by atoms with E-state index in [9.17, 15) is 8.42 Å². The lowest BCUT2D eigenvalue weighted by Crippen LogP contribution is -2.32. The van der Waals surface area contributed by atoms with E-state index in [4.69, 9.17) is 5.73 Å². The highest BCUT2D eigenvalue weighted by Crippen LogP contribution is 2.28. The molecule has 1 aromatic rings. The fourth-order valence-electron chi connectivity index (χ4n) is 1.44. The van der Waals surface area contributed by atoms with Crippen LogP contribution in [0.25, 0.3) is 0 Å². The second-order valence-corrected chi connectivity index (χ2v) is 7.55. The van der Waals surface area contributed by atoms with Crippen LogP contribution in [0.15, 0.2) is 23.1 Å². The average Bonchev–Trinajstić information content (AvgIpc) is 2.30. The van der Waals surface area contributed by atoms with Gasteiger partial charge in [-0.2, -0.15) is 0 Å². The van der Waals surface area contributed by atoms with Gasteiger partial charge in [0.25, 0.3) is 0 Å². The molecule has 1 unspecified atom stereocenters.